The van der Waals surface area contributed by atoms with Gasteiger partial charge in [0.15, 0.2) is 12.6 Å². The SMILES string of the molecule is CC/C=C\C/C=C\C/C=C\C/C=C\CCCCCCCCC(=O)OC(COCCCCCCCCCCCCCCCCCCCCC)COC1OC(COC2OC(CO)C(O)C(O)C2O)C(O)C(O)C1O. The van der Waals surface area contributed by atoms with E-state index in [4.69, 9.17) is 28.4 Å². The van der Waals surface area contributed by atoms with E-state index in [0.717, 1.165) is 83.5 Å². The Morgan fingerprint density at radius 3 is 1.42 bits per heavy atom. The van der Waals surface area contributed by atoms with E-state index >= 15 is 0 Å². The fraction of sp³-hybridized carbons (Fsp3) is 0.845. The summed E-state index contributed by atoms with van der Waals surface area (Å²) >= 11 is 0. The van der Waals surface area contributed by atoms with Crippen molar-refractivity contribution in [1.29, 1.82) is 0 Å². The lowest BCUT2D eigenvalue weighted by molar-refractivity contribution is -0.332. The maximum absolute atomic E-state index is 13.1. The van der Waals surface area contributed by atoms with Crippen molar-refractivity contribution in [1.82, 2.24) is 0 Å². The average Bonchev–Trinajstić information content (AvgIpc) is 3.38. The van der Waals surface area contributed by atoms with Crippen LogP contribution in [0, 0.1) is 0 Å². The van der Waals surface area contributed by atoms with Crippen molar-refractivity contribution in [3.8, 4) is 0 Å². The van der Waals surface area contributed by atoms with Gasteiger partial charge in [0, 0.05) is 13.0 Å². The molecule has 72 heavy (non-hydrogen) atoms. The van der Waals surface area contributed by atoms with E-state index in [0.29, 0.717) is 13.0 Å². The summed E-state index contributed by atoms with van der Waals surface area (Å²) < 4.78 is 34.4. The van der Waals surface area contributed by atoms with E-state index in [9.17, 15) is 40.5 Å². The van der Waals surface area contributed by atoms with Crippen molar-refractivity contribution in [3.05, 3.63) is 48.6 Å². The molecule has 2 fully saturated rings. The molecule has 11 unspecified atom stereocenters. The molecule has 14 heteroatoms. The van der Waals surface area contributed by atoms with Crippen LogP contribution in [-0.2, 0) is 33.2 Å². The number of carbonyl (C=O) groups excluding carboxylic acids is 1. The predicted octanol–water partition coefficient (Wildman–Crippen LogP) is 9.91. The van der Waals surface area contributed by atoms with Crippen LogP contribution in [-0.4, -0.2) is 142 Å². The Morgan fingerprint density at radius 2 is 0.903 bits per heavy atom. The minimum Gasteiger partial charge on any atom is -0.457 e. The molecular formula is C58H104O14. The van der Waals surface area contributed by atoms with Crippen LogP contribution in [0.4, 0.5) is 0 Å². The summed E-state index contributed by atoms with van der Waals surface area (Å²) in [6.45, 7) is 3.59. The lowest BCUT2D eigenvalue weighted by Crippen LogP contribution is -2.61. The molecule has 0 spiro atoms. The second kappa shape index (κ2) is 45.2. The topological polar surface area (TPSA) is 214 Å². The average molecular weight is 1030 g/mol. The summed E-state index contributed by atoms with van der Waals surface area (Å²) in [7, 11) is 0. The number of hydrogen-bond donors (Lipinski definition) is 7. The van der Waals surface area contributed by atoms with Crippen LogP contribution in [0.15, 0.2) is 48.6 Å². The van der Waals surface area contributed by atoms with Gasteiger partial charge in [-0.15, -0.1) is 0 Å². The third-order valence-electron chi connectivity index (χ3n) is 13.6. The van der Waals surface area contributed by atoms with Crippen molar-refractivity contribution >= 4 is 5.97 Å². The first-order valence-corrected chi connectivity index (χ1v) is 28.7. The summed E-state index contributed by atoms with van der Waals surface area (Å²) in [5.74, 6) is -0.388. The molecule has 0 radical (unpaired) electrons. The van der Waals surface area contributed by atoms with Gasteiger partial charge in [-0.1, -0.05) is 204 Å². The Balaban J connectivity index is 1.73. The molecule has 420 valence electrons. The van der Waals surface area contributed by atoms with Gasteiger partial charge in [0.05, 0.1) is 26.4 Å². The minimum atomic E-state index is -1.71. The van der Waals surface area contributed by atoms with Crippen LogP contribution in [0.1, 0.15) is 213 Å². The number of esters is 1. The molecular weight excluding hydrogens is 921 g/mol. The van der Waals surface area contributed by atoms with Gasteiger partial charge in [0.2, 0.25) is 0 Å². The predicted molar refractivity (Wildman–Crippen MR) is 284 cm³/mol. The van der Waals surface area contributed by atoms with Crippen LogP contribution >= 0.6 is 0 Å². The quantitative estimate of drug-likeness (QED) is 0.0172. The van der Waals surface area contributed by atoms with Crippen LogP contribution in [0.2, 0.25) is 0 Å². The second-order valence-corrected chi connectivity index (χ2v) is 20.1. The number of ether oxygens (including phenoxy) is 6. The van der Waals surface area contributed by atoms with Crippen LogP contribution in [0.5, 0.6) is 0 Å². The molecule has 2 rings (SSSR count). The first kappa shape index (κ1) is 66.1. The molecule has 0 aliphatic carbocycles. The zero-order valence-corrected chi connectivity index (χ0v) is 44.9. The lowest BCUT2D eigenvalue weighted by Gasteiger charge is -2.42. The Kier molecular flexibility index (Phi) is 41.4. The van der Waals surface area contributed by atoms with Gasteiger partial charge >= 0.3 is 5.97 Å². The molecule has 2 saturated heterocycles. The number of hydrogen-bond acceptors (Lipinski definition) is 14. The number of aliphatic hydroxyl groups excluding tert-OH is 7. The first-order valence-electron chi connectivity index (χ1n) is 28.7. The molecule has 0 aromatic heterocycles. The highest BCUT2D eigenvalue weighted by Gasteiger charge is 2.47. The fourth-order valence-electron chi connectivity index (χ4n) is 8.98. The van der Waals surface area contributed by atoms with Crippen molar-refractivity contribution < 1.29 is 69.0 Å². The van der Waals surface area contributed by atoms with Crippen molar-refractivity contribution in [2.45, 2.75) is 280 Å². The van der Waals surface area contributed by atoms with Gasteiger partial charge < -0.3 is 64.2 Å². The Bertz CT molecular complexity index is 1370. The fourth-order valence-corrected chi connectivity index (χ4v) is 8.98. The maximum Gasteiger partial charge on any atom is 0.306 e. The van der Waals surface area contributed by atoms with Crippen LogP contribution in [0.3, 0.4) is 0 Å². The Labute approximate surface area is 435 Å². The van der Waals surface area contributed by atoms with E-state index in [1.807, 2.05) is 0 Å². The molecule has 2 aliphatic heterocycles. The van der Waals surface area contributed by atoms with E-state index < -0.39 is 80.7 Å². The lowest BCUT2D eigenvalue weighted by atomic mass is 9.98. The third-order valence-corrected chi connectivity index (χ3v) is 13.6. The maximum atomic E-state index is 13.1. The largest absolute Gasteiger partial charge is 0.457 e. The molecule has 2 heterocycles. The van der Waals surface area contributed by atoms with Crippen LogP contribution in [0.25, 0.3) is 0 Å². The zero-order chi connectivity index (χ0) is 52.3. The van der Waals surface area contributed by atoms with E-state index in [-0.39, 0.29) is 25.6 Å². The molecule has 0 bridgehead atoms. The number of rotatable bonds is 46. The van der Waals surface area contributed by atoms with Gasteiger partial charge in [-0.3, -0.25) is 4.79 Å². The number of carbonyl (C=O) groups is 1. The standard InChI is InChI=1S/C58H104O14/c1-3-5-7-9-11-13-15-17-19-21-23-25-27-29-31-33-35-37-39-41-50(60)70-47(44-67-42-40-38-36-34-32-30-28-26-24-22-20-18-16-14-12-10-8-6-4-2)45-68-57-56(66)54(64)52(62)49(72-57)46-69-58-55(65)53(63)51(61)48(43-59)71-58/h5,7,11,13,17,19,23,25,47-49,51-59,61-66H,3-4,6,8-10,12,14-16,18,20-22,24,26-46H2,1-2H3/b7-5-,13-11-,19-17-,25-23-. The van der Waals surface area contributed by atoms with E-state index in [2.05, 4.69) is 62.5 Å². The van der Waals surface area contributed by atoms with Gasteiger partial charge in [0.1, 0.15) is 54.9 Å². The molecule has 0 saturated carbocycles. The number of unbranched alkanes of at least 4 members (excludes halogenated alkanes) is 24. The molecule has 14 nitrogen and oxygen atoms in total. The smallest absolute Gasteiger partial charge is 0.306 e. The van der Waals surface area contributed by atoms with Crippen molar-refractivity contribution in [2.24, 2.45) is 0 Å². The zero-order valence-electron chi connectivity index (χ0n) is 44.9. The summed E-state index contributed by atoms with van der Waals surface area (Å²) in [5.41, 5.74) is 0. The summed E-state index contributed by atoms with van der Waals surface area (Å²) in [4.78, 5) is 13.1. The van der Waals surface area contributed by atoms with Gasteiger partial charge in [-0.2, -0.15) is 0 Å². The van der Waals surface area contributed by atoms with Gasteiger partial charge in [-0.25, -0.2) is 0 Å². The highest BCUT2D eigenvalue weighted by molar-refractivity contribution is 5.69. The molecule has 0 aromatic rings. The Hall–Kier alpha value is -2.05. The van der Waals surface area contributed by atoms with Crippen molar-refractivity contribution in [3.63, 3.8) is 0 Å². The highest BCUT2D eigenvalue weighted by Crippen LogP contribution is 2.27. The monoisotopic (exact) mass is 1020 g/mol. The second-order valence-electron chi connectivity index (χ2n) is 20.1. The first-order chi connectivity index (χ1) is 35.1. The molecule has 7 N–H and O–H groups in total. The number of aliphatic hydroxyl groups is 7. The normalized spacial score (nSPS) is 25.5. The summed E-state index contributed by atoms with van der Waals surface area (Å²) in [5, 5.41) is 72.3. The Morgan fingerprint density at radius 1 is 0.472 bits per heavy atom. The van der Waals surface area contributed by atoms with E-state index in [1.54, 1.807) is 0 Å². The van der Waals surface area contributed by atoms with Gasteiger partial charge in [0.25, 0.3) is 0 Å². The molecule has 0 aromatic carbocycles. The molecule has 2 aliphatic rings. The van der Waals surface area contributed by atoms with E-state index in [1.165, 1.54) is 103 Å². The molecule has 11 atom stereocenters. The van der Waals surface area contributed by atoms with Crippen molar-refractivity contribution in [2.75, 3.05) is 33.0 Å². The van der Waals surface area contributed by atoms with Gasteiger partial charge in [-0.05, 0) is 51.4 Å². The third kappa shape index (κ3) is 31.7. The molecule has 0 amide bonds. The van der Waals surface area contributed by atoms with Crippen LogP contribution < -0.4 is 0 Å². The minimum absolute atomic E-state index is 0.0572. The highest BCUT2D eigenvalue weighted by atomic mass is 16.7. The summed E-state index contributed by atoms with van der Waals surface area (Å²) in [6, 6.07) is 0. The number of allylic oxidation sites excluding steroid dienone is 8. The summed E-state index contributed by atoms with van der Waals surface area (Å²) in [6.07, 6.45) is 37.4.